The Bertz CT molecular complexity index is 360. The van der Waals surface area contributed by atoms with Gasteiger partial charge in [-0.1, -0.05) is 90.4 Å². The van der Waals surface area contributed by atoms with Crippen LogP contribution in [0.4, 0.5) is 0 Å². The van der Waals surface area contributed by atoms with Gasteiger partial charge in [-0.25, -0.2) is 8.42 Å². The van der Waals surface area contributed by atoms with Crippen molar-refractivity contribution in [3.05, 3.63) is 0 Å². The van der Waals surface area contributed by atoms with Gasteiger partial charge < -0.3 is 9.66 Å². The van der Waals surface area contributed by atoms with Gasteiger partial charge >= 0.3 is 51.4 Å². The van der Waals surface area contributed by atoms with Crippen LogP contribution in [0.2, 0.25) is 0 Å². The van der Waals surface area contributed by atoms with Crippen molar-refractivity contribution in [3.8, 4) is 0 Å². The molecule has 0 fully saturated rings. The zero-order chi connectivity index (χ0) is 18.1. The summed E-state index contributed by atoms with van der Waals surface area (Å²) >= 11 is 0. The smallest absolute Gasteiger partial charge is 0.748 e. The first-order valence-corrected chi connectivity index (χ1v) is 11.5. The van der Waals surface area contributed by atoms with E-state index in [9.17, 15) is 13.0 Å². The van der Waals surface area contributed by atoms with E-state index < -0.39 is 15.4 Å². The molecule has 0 rings (SSSR count). The summed E-state index contributed by atoms with van der Waals surface area (Å²) in [7, 11) is -4.17. The molecular formula is C19H39KO4S. The minimum atomic E-state index is -4.17. The molecule has 0 aliphatic heterocycles. The molecule has 0 heterocycles. The molecule has 0 spiro atoms. The molecule has 0 aromatic carbocycles. The SMILES string of the molecule is CCCCCCCCCCCCC(CCCCCCO)S(=O)(=O)[O-].[K+]. The first-order chi connectivity index (χ1) is 11.5. The third-order valence-corrected chi connectivity index (χ3v) is 6.01. The summed E-state index contributed by atoms with van der Waals surface area (Å²) in [6.45, 7) is 2.41. The van der Waals surface area contributed by atoms with Crippen molar-refractivity contribution < 1.29 is 69.5 Å². The zero-order valence-corrected chi connectivity index (χ0v) is 20.6. The third-order valence-electron chi connectivity index (χ3n) is 4.72. The normalized spacial score (nSPS) is 12.8. The molecule has 0 aliphatic carbocycles. The Morgan fingerprint density at radius 3 is 1.44 bits per heavy atom. The Morgan fingerprint density at radius 2 is 1.08 bits per heavy atom. The monoisotopic (exact) mass is 402 g/mol. The largest absolute Gasteiger partial charge is 1.00 e. The maximum atomic E-state index is 11.3. The van der Waals surface area contributed by atoms with Crippen LogP contribution >= 0.6 is 0 Å². The van der Waals surface area contributed by atoms with E-state index in [0.717, 1.165) is 44.9 Å². The van der Waals surface area contributed by atoms with Crippen molar-refractivity contribution in [2.45, 2.75) is 115 Å². The van der Waals surface area contributed by atoms with E-state index in [-0.39, 0.29) is 58.0 Å². The fourth-order valence-corrected chi connectivity index (χ4v) is 4.04. The van der Waals surface area contributed by atoms with Crippen LogP contribution in [0.1, 0.15) is 110 Å². The van der Waals surface area contributed by atoms with E-state index in [1.165, 1.54) is 44.9 Å². The second-order valence-corrected chi connectivity index (χ2v) is 8.66. The maximum Gasteiger partial charge on any atom is 1.00 e. The van der Waals surface area contributed by atoms with E-state index in [2.05, 4.69) is 6.92 Å². The van der Waals surface area contributed by atoms with Crippen LogP contribution < -0.4 is 51.4 Å². The van der Waals surface area contributed by atoms with Gasteiger partial charge in [0, 0.05) is 11.9 Å². The molecule has 25 heavy (non-hydrogen) atoms. The molecule has 146 valence electrons. The van der Waals surface area contributed by atoms with Crippen LogP contribution in [0.25, 0.3) is 0 Å². The van der Waals surface area contributed by atoms with Crippen LogP contribution in [0.15, 0.2) is 0 Å². The number of unbranched alkanes of at least 4 members (excludes halogenated alkanes) is 12. The molecule has 1 N–H and O–H groups in total. The average Bonchev–Trinajstić information content (AvgIpc) is 2.53. The van der Waals surface area contributed by atoms with Gasteiger partial charge in [0.1, 0.15) is 0 Å². The molecule has 0 saturated heterocycles. The van der Waals surface area contributed by atoms with Crippen molar-refractivity contribution in [2.24, 2.45) is 0 Å². The number of aliphatic hydroxyl groups excluding tert-OH is 1. The summed E-state index contributed by atoms with van der Waals surface area (Å²) in [6, 6.07) is 0. The molecule has 0 bridgehead atoms. The van der Waals surface area contributed by atoms with Gasteiger partial charge in [-0.05, 0) is 19.3 Å². The van der Waals surface area contributed by atoms with E-state index in [4.69, 9.17) is 5.11 Å². The van der Waals surface area contributed by atoms with Crippen LogP contribution in [-0.2, 0) is 10.1 Å². The molecule has 0 aliphatic rings. The molecule has 0 aromatic rings. The maximum absolute atomic E-state index is 11.3. The van der Waals surface area contributed by atoms with Crippen LogP contribution in [0.5, 0.6) is 0 Å². The topological polar surface area (TPSA) is 77.4 Å². The first-order valence-electron chi connectivity index (χ1n) is 10.1. The van der Waals surface area contributed by atoms with Gasteiger partial charge in [0.25, 0.3) is 0 Å². The Hall–Kier alpha value is 1.51. The first kappa shape index (κ1) is 28.7. The molecule has 4 nitrogen and oxygen atoms in total. The third kappa shape index (κ3) is 20.1. The van der Waals surface area contributed by atoms with Gasteiger partial charge in [-0.15, -0.1) is 0 Å². The van der Waals surface area contributed by atoms with E-state index >= 15 is 0 Å². The molecule has 0 radical (unpaired) electrons. The minimum absolute atomic E-state index is 0. The van der Waals surface area contributed by atoms with Gasteiger partial charge in [-0.3, -0.25) is 0 Å². The number of hydrogen-bond donors (Lipinski definition) is 1. The molecule has 6 heteroatoms. The van der Waals surface area contributed by atoms with Crippen molar-refractivity contribution in [2.75, 3.05) is 6.61 Å². The van der Waals surface area contributed by atoms with E-state index in [1.54, 1.807) is 0 Å². The molecule has 0 aromatic heterocycles. The second kappa shape index (κ2) is 20.2. The quantitative estimate of drug-likeness (QED) is 0.216. The van der Waals surface area contributed by atoms with Crippen molar-refractivity contribution in [1.82, 2.24) is 0 Å². The number of hydrogen-bond acceptors (Lipinski definition) is 4. The zero-order valence-electron chi connectivity index (χ0n) is 16.7. The summed E-state index contributed by atoms with van der Waals surface area (Å²) in [6.07, 6.45) is 16.5. The molecule has 1 unspecified atom stereocenters. The average molecular weight is 403 g/mol. The Morgan fingerprint density at radius 1 is 0.720 bits per heavy atom. The van der Waals surface area contributed by atoms with Crippen molar-refractivity contribution >= 4 is 10.1 Å². The molecular weight excluding hydrogens is 363 g/mol. The number of aliphatic hydroxyl groups is 1. The van der Waals surface area contributed by atoms with Crippen molar-refractivity contribution in [1.29, 1.82) is 0 Å². The predicted octanol–water partition coefficient (Wildman–Crippen LogP) is 2.16. The second-order valence-electron chi connectivity index (χ2n) is 7.01. The number of rotatable bonds is 18. The Balaban J connectivity index is 0. The van der Waals surface area contributed by atoms with Crippen LogP contribution in [0.3, 0.4) is 0 Å². The molecule has 1 atom stereocenters. The Kier molecular flexibility index (Phi) is 23.3. The summed E-state index contributed by atoms with van der Waals surface area (Å²) < 4.78 is 34.0. The van der Waals surface area contributed by atoms with Crippen molar-refractivity contribution in [3.63, 3.8) is 0 Å². The summed E-state index contributed by atoms with van der Waals surface area (Å²) in [5.74, 6) is 0. The summed E-state index contributed by atoms with van der Waals surface area (Å²) in [5, 5.41) is 8.01. The Labute approximate surface area is 199 Å². The van der Waals surface area contributed by atoms with E-state index in [1.807, 2.05) is 0 Å². The molecule has 0 saturated carbocycles. The van der Waals surface area contributed by atoms with E-state index in [0.29, 0.717) is 12.8 Å². The molecule has 0 amide bonds. The van der Waals surface area contributed by atoms with Gasteiger partial charge in [-0.2, -0.15) is 0 Å². The fourth-order valence-electron chi connectivity index (χ4n) is 3.13. The van der Waals surface area contributed by atoms with Gasteiger partial charge in [0.15, 0.2) is 0 Å². The summed E-state index contributed by atoms with van der Waals surface area (Å²) in [5.41, 5.74) is 0. The van der Waals surface area contributed by atoms with Gasteiger partial charge in [0.2, 0.25) is 0 Å². The van der Waals surface area contributed by atoms with Crippen LogP contribution in [0, 0.1) is 0 Å². The summed E-state index contributed by atoms with van der Waals surface area (Å²) in [4.78, 5) is 0. The predicted molar refractivity (Wildman–Crippen MR) is 100 cm³/mol. The fraction of sp³-hybridized carbons (Fsp3) is 1.00. The van der Waals surface area contributed by atoms with Crippen LogP contribution in [-0.4, -0.2) is 29.9 Å². The van der Waals surface area contributed by atoms with Gasteiger partial charge in [0.05, 0.1) is 10.1 Å². The minimum Gasteiger partial charge on any atom is -0.748 e. The standard InChI is InChI=1S/C19H40O4S.K/c1-2-3-4-5-6-7-8-9-10-13-16-19(24(21,22)23)17-14-11-12-15-18-20;/h19-20H,2-18H2,1H3,(H,21,22,23);/q;+1/p-1.